The first kappa shape index (κ1) is 31.4. The van der Waals surface area contributed by atoms with Crippen molar-refractivity contribution in [3.05, 3.63) is 100 Å². The fourth-order valence-electron chi connectivity index (χ4n) is 5.56. The molecule has 1 aliphatic rings. The number of rotatable bonds is 11. The van der Waals surface area contributed by atoms with Crippen LogP contribution >= 0.6 is 11.6 Å². The Labute approximate surface area is 269 Å². The number of hydrogen-bond donors (Lipinski definition) is 0. The Bertz CT molecular complexity index is 1850. The highest BCUT2D eigenvalue weighted by molar-refractivity contribution is 6.30. The summed E-state index contributed by atoms with van der Waals surface area (Å²) in [7, 11) is 1.37. The number of hydrogen-bond acceptors (Lipinski definition) is 8. The zero-order chi connectivity index (χ0) is 32.2. The van der Waals surface area contributed by atoms with Crippen molar-refractivity contribution in [3.8, 4) is 11.8 Å². The summed E-state index contributed by atoms with van der Waals surface area (Å²) in [4.78, 5) is 28.0. The van der Waals surface area contributed by atoms with E-state index in [1.54, 1.807) is 6.07 Å². The quantitative estimate of drug-likeness (QED) is 0.160. The molecular weight excluding hydrogens is 618 g/mol. The maximum Gasteiger partial charge on any atom is 0.337 e. The number of esters is 1. The number of carbonyl (C=O) groups excluding carboxylic acids is 1. The van der Waals surface area contributed by atoms with Crippen LogP contribution in [0.4, 0.5) is 8.78 Å². The average Bonchev–Trinajstić information content (AvgIpc) is 3.66. The lowest BCUT2D eigenvalue weighted by molar-refractivity contribution is 0.0601. The lowest BCUT2D eigenvalue weighted by Gasteiger charge is -2.31. The summed E-state index contributed by atoms with van der Waals surface area (Å²) in [5, 5.41) is 0.264. The molecule has 3 aromatic heterocycles. The molecule has 1 aliphatic heterocycles. The highest BCUT2D eigenvalue weighted by atomic mass is 35.5. The lowest BCUT2D eigenvalue weighted by Crippen LogP contribution is -2.38. The second-order valence-electron chi connectivity index (χ2n) is 11.0. The topological polar surface area (TPSA) is 96.5 Å². The summed E-state index contributed by atoms with van der Waals surface area (Å²) in [6, 6.07) is 12.3. The van der Waals surface area contributed by atoms with E-state index in [2.05, 4.69) is 30.9 Å². The normalized spacial score (nSPS) is 14.1. The van der Waals surface area contributed by atoms with E-state index in [-0.39, 0.29) is 35.1 Å². The zero-order valence-corrected chi connectivity index (χ0v) is 26.2. The van der Waals surface area contributed by atoms with Crippen molar-refractivity contribution in [2.24, 2.45) is 0 Å². The summed E-state index contributed by atoms with van der Waals surface area (Å²) in [5.41, 5.74) is 3.37. The Hall–Kier alpha value is -4.55. The number of pyridine rings is 1. The average molecular weight is 651 g/mol. The van der Waals surface area contributed by atoms with Gasteiger partial charge in [-0.3, -0.25) is 4.90 Å². The van der Waals surface area contributed by atoms with E-state index in [0.29, 0.717) is 18.7 Å². The largest absolute Gasteiger partial charge is 0.474 e. The van der Waals surface area contributed by atoms with Crippen LogP contribution in [0.15, 0.2) is 61.1 Å². The number of imidazole rings is 2. The number of fused-ring (bicyclic) bond motifs is 1. The van der Waals surface area contributed by atoms with Crippen molar-refractivity contribution in [3.63, 3.8) is 0 Å². The summed E-state index contributed by atoms with van der Waals surface area (Å²) in [6.07, 6.45) is 4.97. The van der Waals surface area contributed by atoms with Crippen LogP contribution in [-0.4, -0.2) is 61.3 Å². The van der Waals surface area contributed by atoms with E-state index in [9.17, 15) is 13.6 Å². The third-order valence-corrected chi connectivity index (χ3v) is 8.30. The smallest absolute Gasteiger partial charge is 0.337 e. The molecule has 0 N–H and O–H groups in total. The minimum absolute atomic E-state index is 0.129. The minimum atomic E-state index is -0.667. The molecule has 13 heteroatoms. The molecule has 46 heavy (non-hydrogen) atoms. The van der Waals surface area contributed by atoms with Gasteiger partial charge in [0, 0.05) is 42.5 Å². The Morgan fingerprint density at radius 3 is 2.61 bits per heavy atom. The predicted molar refractivity (Wildman–Crippen MR) is 167 cm³/mol. The number of piperidine rings is 1. The summed E-state index contributed by atoms with van der Waals surface area (Å²) in [5.74, 6) is -0.757. The van der Waals surface area contributed by atoms with Crippen LogP contribution in [0.2, 0.25) is 5.02 Å². The van der Waals surface area contributed by atoms with Crippen molar-refractivity contribution in [1.29, 1.82) is 0 Å². The van der Waals surface area contributed by atoms with Gasteiger partial charge in [0.05, 0.1) is 48.8 Å². The number of carbonyl (C=O) groups is 1. The van der Waals surface area contributed by atoms with Gasteiger partial charge in [-0.15, -0.1) is 0 Å². The molecule has 2 aromatic carbocycles. The Morgan fingerprint density at radius 1 is 1.02 bits per heavy atom. The molecule has 0 unspecified atom stereocenters. The fraction of sp³-hybridized carbons (Fsp3) is 0.333. The molecule has 6 rings (SSSR count). The standard InChI is InChI=1S/C33H33ClF2N6O4/c1-3-41-20-37-16-24(41)17-42-29-14-21(33(43)44-2)5-8-28(29)38-30(42)18-40-12-10-25(11-13-40)46-31-9-7-26(35)32(39-31)45-19-22-4-6-23(34)15-27(22)36/h4-9,14-16,20,25H,3,10-13,17-19H2,1-2H3. The van der Waals surface area contributed by atoms with Gasteiger partial charge in [-0.25, -0.2) is 23.5 Å². The van der Waals surface area contributed by atoms with Crippen molar-refractivity contribution < 1.29 is 27.8 Å². The number of aromatic nitrogens is 5. The molecule has 0 radical (unpaired) electrons. The number of aryl methyl sites for hydroxylation is 1. The number of halogens is 3. The molecule has 1 fully saturated rings. The molecule has 10 nitrogen and oxygen atoms in total. The van der Waals surface area contributed by atoms with Gasteiger partial charge < -0.3 is 23.3 Å². The summed E-state index contributed by atoms with van der Waals surface area (Å²) in [6.45, 7) is 5.29. The Kier molecular flexibility index (Phi) is 9.46. The van der Waals surface area contributed by atoms with Gasteiger partial charge >= 0.3 is 5.97 Å². The summed E-state index contributed by atoms with van der Waals surface area (Å²) >= 11 is 5.81. The van der Waals surface area contributed by atoms with Crippen LogP contribution in [0.25, 0.3) is 11.0 Å². The first-order valence-corrected chi connectivity index (χ1v) is 15.4. The first-order chi connectivity index (χ1) is 22.3. The van der Waals surface area contributed by atoms with Crippen molar-refractivity contribution in [2.45, 2.75) is 52.1 Å². The van der Waals surface area contributed by atoms with Crippen LogP contribution in [0.1, 0.15) is 47.2 Å². The number of likely N-dealkylation sites (tertiary alicyclic amines) is 1. The number of nitrogens with zero attached hydrogens (tertiary/aromatic N) is 6. The van der Waals surface area contributed by atoms with Crippen LogP contribution in [-0.2, 0) is 31.0 Å². The maximum absolute atomic E-state index is 14.4. The molecule has 0 amide bonds. The lowest BCUT2D eigenvalue weighted by atomic mass is 10.1. The van der Waals surface area contributed by atoms with Crippen LogP contribution < -0.4 is 9.47 Å². The molecule has 0 atom stereocenters. The van der Waals surface area contributed by atoms with Crippen LogP contribution in [0.5, 0.6) is 11.8 Å². The monoisotopic (exact) mass is 650 g/mol. The van der Waals surface area contributed by atoms with E-state index in [1.807, 2.05) is 24.7 Å². The van der Waals surface area contributed by atoms with Gasteiger partial charge in [0.25, 0.3) is 5.88 Å². The van der Waals surface area contributed by atoms with E-state index in [0.717, 1.165) is 55.0 Å². The first-order valence-electron chi connectivity index (χ1n) is 15.0. The third-order valence-electron chi connectivity index (χ3n) is 8.06. The molecule has 5 aromatic rings. The second kappa shape index (κ2) is 13.8. The van der Waals surface area contributed by atoms with Gasteiger partial charge in [0.2, 0.25) is 5.88 Å². The van der Waals surface area contributed by atoms with E-state index >= 15 is 0 Å². The van der Waals surface area contributed by atoms with E-state index < -0.39 is 17.6 Å². The Morgan fingerprint density at radius 2 is 1.85 bits per heavy atom. The molecule has 1 saturated heterocycles. The van der Waals surface area contributed by atoms with Crippen LogP contribution in [0, 0.1) is 11.6 Å². The molecule has 0 saturated carbocycles. The Balaban J connectivity index is 1.12. The third kappa shape index (κ3) is 6.97. The highest BCUT2D eigenvalue weighted by Gasteiger charge is 2.24. The molecule has 240 valence electrons. The van der Waals surface area contributed by atoms with Crippen LogP contribution in [0.3, 0.4) is 0 Å². The number of methoxy groups -OCH3 is 1. The van der Waals surface area contributed by atoms with Gasteiger partial charge in [0.15, 0.2) is 5.82 Å². The van der Waals surface area contributed by atoms with E-state index in [1.165, 1.54) is 37.4 Å². The van der Waals surface area contributed by atoms with Crippen molar-refractivity contribution in [2.75, 3.05) is 20.2 Å². The molecule has 0 spiro atoms. The zero-order valence-electron chi connectivity index (χ0n) is 25.5. The maximum atomic E-state index is 14.4. The number of ether oxygens (including phenoxy) is 3. The molecule has 0 aliphatic carbocycles. The molecule has 0 bridgehead atoms. The van der Waals surface area contributed by atoms with Gasteiger partial charge in [-0.1, -0.05) is 17.7 Å². The second-order valence-corrected chi connectivity index (χ2v) is 11.5. The molecule has 4 heterocycles. The van der Waals surface area contributed by atoms with Crippen molar-refractivity contribution in [1.82, 2.24) is 29.0 Å². The molecular formula is C33H33ClF2N6O4. The van der Waals surface area contributed by atoms with Gasteiger partial charge in [0.1, 0.15) is 24.4 Å². The highest BCUT2D eigenvalue weighted by Crippen LogP contribution is 2.26. The van der Waals surface area contributed by atoms with Gasteiger partial charge in [-0.2, -0.15) is 4.98 Å². The predicted octanol–water partition coefficient (Wildman–Crippen LogP) is 6.04. The number of benzene rings is 2. The minimum Gasteiger partial charge on any atom is -0.474 e. The summed E-state index contributed by atoms with van der Waals surface area (Å²) < 4.78 is 49.3. The van der Waals surface area contributed by atoms with E-state index in [4.69, 9.17) is 30.8 Å². The fourth-order valence-corrected chi connectivity index (χ4v) is 5.71. The SMILES string of the molecule is CCn1cncc1Cn1c(CN2CCC(Oc3ccc(F)c(OCc4ccc(Cl)cc4F)n3)CC2)nc2ccc(C(=O)OC)cc21. The van der Waals surface area contributed by atoms with Gasteiger partial charge in [-0.05, 0) is 56.2 Å². The van der Waals surface area contributed by atoms with Crippen molar-refractivity contribution >= 4 is 28.6 Å².